The molecular formula is C16H18N2O3. The molecule has 0 saturated carbocycles. The van der Waals surface area contributed by atoms with Gasteiger partial charge in [-0.1, -0.05) is 38.1 Å². The standard InChI is InChI=1S/C16H18N2O3/c1-16(2)8-11-6-4-5-7-12(11)14(16)18-10-17-9-13(18)21-15(19)20-3/h4-7,9-10,14H,8H2,1-3H3. The predicted octanol–water partition coefficient (Wildman–Crippen LogP) is 3.20. The number of aromatic nitrogens is 2. The number of hydrogen-bond donors (Lipinski definition) is 0. The number of rotatable bonds is 2. The Morgan fingerprint density at radius 3 is 2.90 bits per heavy atom. The van der Waals surface area contributed by atoms with Crippen LogP contribution in [0.3, 0.4) is 0 Å². The van der Waals surface area contributed by atoms with Gasteiger partial charge in [0.2, 0.25) is 5.88 Å². The molecule has 0 bridgehead atoms. The summed E-state index contributed by atoms with van der Waals surface area (Å²) in [5, 5.41) is 0. The topological polar surface area (TPSA) is 53.4 Å². The minimum atomic E-state index is -0.735. The van der Waals surface area contributed by atoms with Crippen LogP contribution in [-0.2, 0) is 11.2 Å². The van der Waals surface area contributed by atoms with Crippen molar-refractivity contribution in [1.82, 2.24) is 9.55 Å². The van der Waals surface area contributed by atoms with Gasteiger partial charge in [0.05, 0.1) is 25.7 Å². The van der Waals surface area contributed by atoms with Gasteiger partial charge in [-0.2, -0.15) is 0 Å². The molecule has 5 nitrogen and oxygen atoms in total. The summed E-state index contributed by atoms with van der Waals surface area (Å²) in [6.07, 6.45) is 3.48. The van der Waals surface area contributed by atoms with Crippen molar-refractivity contribution >= 4 is 6.16 Å². The van der Waals surface area contributed by atoms with E-state index >= 15 is 0 Å². The van der Waals surface area contributed by atoms with Gasteiger partial charge < -0.3 is 9.47 Å². The van der Waals surface area contributed by atoms with Gasteiger partial charge in [-0.05, 0) is 23.0 Å². The molecule has 0 saturated heterocycles. The summed E-state index contributed by atoms with van der Waals surface area (Å²) < 4.78 is 11.7. The van der Waals surface area contributed by atoms with Crippen LogP contribution in [0.2, 0.25) is 0 Å². The maximum atomic E-state index is 11.4. The Morgan fingerprint density at radius 1 is 1.38 bits per heavy atom. The molecule has 3 rings (SSSR count). The molecule has 1 heterocycles. The van der Waals surface area contributed by atoms with E-state index in [9.17, 15) is 4.79 Å². The number of benzene rings is 1. The summed E-state index contributed by atoms with van der Waals surface area (Å²) in [7, 11) is 1.29. The second kappa shape index (κ2) is 4.91. The Morgan fingerprint density at radius 2 is 2.14 bits per heavy atom. The summed E-state index contributed by atoms with van der Waals surface area (Å²) in [5.41, 5.74) is 2.58. The molecule has 1 aromatic heterocycles. The Hall–Kier alpha value is -2.30. The Labute approximate surface area is 123 Å². The van der Waals surface area contributed by atoms with Crippen LogP contribution in [0.1, 0.15) is 31.0 Å². The van der Waals surface area contributed by atoms with Gasteiger partial charge in [-0.3, -0.25) is 4.57 Å². The molecule has 0 fully saturated rings. The number of methoxy groups -OCH3 is 1. The number of carbonyl (C=O) groups excluding carboxylic acids is 1. The Kier molecular flexibility index (Phi) is 3.20. The molecule has 1 aliphatic rings. The highest BCUT2D eigenvalue weighted by atomic mass is 16.7. The van der Waals surface area contributed by atoms with E-state index in [2.05, 4.69) is 41.8 Å². The maximum Gasteiger partial charge on any atom is 0.514 e. The lowest BCUT2D eigenvalue weighted by atomic mass is 9.85. The van der Waals surface area contributed by atoms with Crippen molar-refractivity contribution in [3.8, 4) is 5.88 Å². The molecule has 0 radical (unpaired) electrons. The van der Waals surface area contributed by atoms with Crippen LogP contribution in [0.25, 0.3) is 0 Å². The first kappa shape index (κ1) is 13.7. The second-order valence-electron chi connectivity index (χ2n) is 5.96. The normalized spacial score (nSPS) is 19.1. The first-order valence-corrected chi connectivity index (χ1v) is 6.88. The van der Waals surface area contributed by atoms with Crippen molar-refractivity contribution in [2.45, 2.75) is 26.3 Å². The molecule has 0 N–H and O–H groups in total. The van der Waals surface area contributed by atoms with Crippen LogP contribution in [0.4, 0.5) is 4.79 Å². The zero-order valence-electron chi connectivity index (χ0n) is 12.4. The van der Waals surface area contributed by atoms with Crippen molar-refractivity contribution < 1.29 is 14.3 Å². The fourth-order valence-corrected chi connectivity index (χ4v) is 3.19. The van der Waals surface area contributed by atoms with E-state index in [4.69, 9.17) is 4.74 Å². The lowest BCUT2D eigenvalue weighted by Crippen LogP contribution is -2.25. The third-order valence-electron chi connectivity index (χ3n) is 4.00. The third kappa shape index (κ3) is 2.28. The molecule has 1 aromatic carbocycles. The highest BCUT2D eigenvalue weighted by molar-refractivity contribution is 5.62. The average Bonchev–Trinajstić information content (AvgIpc) is 2.98. The molecular weight excluding hydrogens is 268 g/mol. The molecule has 0 spiro atoms. The van der Waals surface area contributed by atoms with E-state index in [0.29, 0.717) is 5.88 Å². The summed E-state index contributed by atoms with van der Waals surface area (Å²) in [4.78, 5) is 15.5. The van der Waals surface area contributed by atoms with Crippen LogP contribution in [-0.4, -0.2) is 22.8 Å². The summed E-state index contributed by atoms with van der Waals surface area (Å²) >= 11 is 0. The van der Waals surface area contributed by atoms with Gasteiger partial charge in [-0.25, -0.2) is 9.78 Å². The van der Waals surface area contributed by atoms with Gasteiger partial charge in [0.25, 0.3) is 0 Å². The first-order chi connectivity index (χ1) is 10.0. The zero-order chi connectivity index (χ0) is 15.0. The lowest BCUT2D eigenvalue weighted by Gasteiger charge is -2.29. The molecule has 2 aromatic rings. The van der Waals surface area contributed by atoms with E-state index in [0.717, 1.165) is 6.42 Å². The fraction of sp³-hybridized carbons (Fsp3) is 0.375. The molecule has 0 aliphatic heterocycles. The van der Waals surface area contributed by atoms with Crippen molar-refractivity contribution in [1.29, 1.82) is 0 Å². The highest BCUT2D eigenvalue weighted by Crippen LogP contribution is 2.48. The maximum absolute atomic E-state index is 11.4. The van der Waals surface area contributed by atoms with E-state index in [1.54, 1.807) is 6.33 Å². The van der Waals surface area contributed by atoms with Crippen molar-refractivity contribution in [3.63, 3.8) is 0 Å². The minimum Gasteiger partial charge on any atom is -0.437 e. The number of carbonyl (C=O) groups is 1. The van der Waals surface area contributed by atoms with E-state index in [1.165, 1.54) is 24.4 Å². The second-order valence-corrected chi connectivity index (χ2v) is 5.96. The summed E-state index contributed by atoms with van der Waals surface area (Å²) in [5.74, 6) is 0.400. The van der Waals surface area contributed by atoms with Gasteiger partial charge in [0.15, 0.2) is 0 Å². The quantitative estimate of drug-likeness (QED) is 0.795. The number of fused-ring (bicyclic) bond motifs is 1. The minimum absolute atomic E-state index is 0.0125. The highest BCUT2D eigenvalue weighted by Gasteiger charge is 2.41. The largest absolute Gasteiger partial charge is 0.514 e. The number of hydrogen-bond acceptors (Lipinski definition) is 4. The zero-order valence-corrected chi connectivity index (χ0v) is 12.4. The lowest BCUT2D eigenvalue weighted by molar-refractivity contribution is 0.115. The predicted molar refractivity (Wildman–Crippen MR) is 77.3 cm³/mol. The molecule has 110 valence electrons. The smallest absolute Gasteiger partial charge is 0.437 e. The third-order valence-corrected chi connectivity index (χ3v) is 4.00. The van der Waals surface area contributed by atoms with Gasteiger partial charge in [0.1, 0.15) is 0 Å². The average molecular weight is 286 g/mol. The SMILES string of the molecule is COC(=O)Oc1cncn1C1c2ccccc2CC1(C)C. The molecule has 1 aliphatic carbocycles. The van der Waals surface area contributed by atoms with Gasteiger partial charge in [-0.15, -0.1) is 0 Å². The summed E-state index contributed by atoms with van der Waals surface area (Å²) in [6.45, 7) is 4.42. The summed E-state index contributed by atoms with van der Waals surface area (Å²) in [6, 6.07) is 8.43. The van der Waals surface area contributed by atoms with Crippen molar-refractivity contribution in [2.24, 2.45) is 5.41 Å². The molecule has 1 atom stereocenters. The number of nitrogens with zero attached hydrogens (tertiary/aromatic N) is 2. The van der Waals surface area contributed by atoms with Crippen molar-refractivity contribution in [2.75, 3.05) is 7.11 Å². The van der Waals surface area contributed by atoms with Gasteiger partial charge >= 0.3 is 6.16 Å². The van der Waals surface area contributed by atoms with Crippen LogP contribution < -0.4 is 4.74 Å². The van der Waals surface area contributed by atoms with Crippen LogP contribution >= 0.6 is 0 Å². The van der Waals surface area contributed by atoms with Crippen LogP contribution in [0, 0.1) is 5.41 Å². The fourth-order valence-electron chi connectivity index (χ4n) is 3.19. The first-order valence-electron chi connectivity index (χ1n) is 6.88. The van der Waals surface area contributed by atoms with Crippen molar-refractivity contribution in [3.05, 3.63) is 47.9 Å². The van der Waals surface area contributed by atoms with Gasteiger partial charge in [0, 0.05) is 0 Å². The molecule has 1 unspecified atom stereocenters. The molecule has 5 heteroatoms. The monoisotopic (exact) mass is 286 g/mol. The van der Waals surface area contributed by atoms with E-state index in [1.807, 2.05) is 10.6 Å². The molecule has 21 heavy (non-hydrogen) atoms. The van der Waals surface area contributed by atoms with E-state index < -0.39 is 6.16 Å². The number of imidazole rings is 1. The Balaban J connectivity index is 2.04. The number of ether oxygens (including phenoxy) is 2. The van der Waals surface area contributed by atoms with E-state index in [-0.39, 0.29) is 11.5 Å². The van der Waals surface area contributed by atoms with Crippen LogP contribution in [0.5, 0.6) is 5.88 Å². The Bertz CT molecular complexity index is 676. The molecule has 0 amide bonds. The van der Waals surface area contributed by atoms with Crippen LogP contribution in [0.15, 0.2) is 36.8 Å².